The van der Waals surface area contributed by atoms with Crippen molar-refractivity contribution < 1.29 is 5.11 Å². The molecule has 106 valence electrons. The number of aliphatic hydroxyl groups is 1. The summed E-state index contributed by atoms with van der Waals surface area (Å²) >= 11 is 0. The number of hydrogen-bond donors (Lipinski definition) is 1. The highest BCUT2D eigenvalue weighted by molar-refractivity contribution is 5.47. The average Bonchev–Trinajstić information content (AvgIpc) is 2.49. The van der Waals surface area contributed by atoms with Crippen molar-refractivity contribution in [1.29, 1.82) is 0 Å². The minimum Gasteiger partial charge on any atom is -0.388 e. The molecule has 1 unspecified atom stereocenters. The zero-order chi connectivity index (χ0) is 14.8. The monoisotopic (exact) mass is 268 g/mol. The van der Waals surface area contributed by atoms with Crippen molar-refractivity contribution in [2.75, 3.05) is 0 Å². The predicted molar refractivity (Wildman–Crippen MR) is 87.4 cm³/mol. The molecule has 0 aliphatic rings. The third-order valence-corrected chi connectivity index (χ3v) is 2.93. The van der Waals surface area contributed by atoms with Crippen LogP contribution in [0.1, 0.15) is 38.0 Å². The third kappa shape index (κ3) is 5.85. The Balaban J connectivity index is 0.000000204. The molecule has 0 bridgehead atoms. The van der Waals surface area contributed by atoms with E-state index in [9.17, 15) is 5.11 Å². The number of aliphatic hydroxyl groups excluding tert-OH is 1. The van der Waals surface area contributed by atoms with E-state index in [1.165, 1.54) is 5.56 Å². The van der Waals surface area contributed by atoms with Crippen molar-refractivity contribution in [1.82, 2.24) is 0 Å². The van der Waals surface area contributed by atoms with E-state index >= 15 is 0 Å². The highest BCUT2D eigenvalue weighted by Gasteiger charge is 2.09. The molecule has 0 radical (unpaired) electrons. The van der Waals surface area contributed by atoms with Gasteiger partial charge in [0, 0.05) is 0 Å². The first-order chi connectivity index (χ1) is 9.65. The predicted octanol–water partition coefficient (Wildman–Crippen LogP) is 5.10. The van der Waals surface area contributed by atoms with Crippen LogP contribution in [0.15, 0.2) is 66.7 Å². The van der Waals surface area contributed by atoms with E-state index in [4.69, 9.17) is 0 Å². The molecular formula is C19H24O. The zero-order valence-corrected chi connectivity index (χ0v) is 12.5. The van der Waals surface area contributed by atoms with Gasteiger partial charge in [0.2, 0.25) is 0 Å². The standard InChI is InChI=1S/C10H14O.C9H10/c1-8(2)10(11)9-6-4-3-5-7-9;1-2-6-9-7-4-3-5-8-9/h3-8,10-11H,1-2H3;2-8H,1H3/b;6-2+. The molecule has 2 rings (SSSR count). The minimum atomic E-state index is -0.323. The van der Waals surface area contributed by atoms with Gasteiger partial charge in [0.15, 0.2) is 0 Å². The fraction of sp³-hybridized carbons (Fsp3) is 0.263. The van der Waals surface area contributed by atoms with Crippen molar-refractivity contribution in [2.45, 2.75) is 26.9 Å². The lowest BCUT2D eigenvalue weighted by molar-refractivity contribution is 0.127. The van der Waals surface area contributed by atoms with E-state index in [1.807, 2.05) is 75.4 Å². The van der Waals surface area contributed by atoms with E-state index in [2.05, 4.69) is 18.2 Å². The van der Waals surface area contributed by atoms with Crippen LogP contribution in [0.3, 0.4) is 0 Å². The molecule has 1 N–H and O–H groups in total. The lowest BCUT2D eigenvalue weighted by Gasteiger charge is -2.13. The molecule has 1 nitrogen and oxygen atoms in total. The van der Waals surface area contributed by atoms with Crippen LogP contribution in [0, 0.1) is 5.92 Å². The maximum atomic E-state index is 9.60. The van der Waals surface area contributed by atoms with Crippen LogP contribution >= 0.6 is 0 Å². The number of hydrogen-bond acceptors (Lipinski definition) is 1. The molecular weight excluding hydrogens is 244 g/mol. The van der Waals surface area contributed by atoms with Gasteiger partial charge < -0.3 is 5.11 Å². The third-order valence-electron chi connectivity index (χ3n) is 2.93. The lowest BCUT2D eigenvalue weighted by atomic mass is 10.00. The number of allylic oxidation sites excluding steroid dienone is 1. The Labute approximate surface area is 122 Å². The highest BCUT2D eigenvalue weighted by atomic mass is 16.3. The molecule has 0 fully saturated rings. The van der Waals surface area contributed by atoms with Gasteiger partial charge in [0.05, 0.1) is 6.10 Å². The van der Waals surface area contributed by atoms with Gasteiger partial charge in [-0.3, -0.25) is 0 Å². The Hall–Kier alpha value is -1.86. The van der Waals surface area contributed by atoms with Crippen LogP contribution in [-0.4, -0.2) is 5.11 Å². The van der Waals surface area contributed by atoms with E-state index in [1.54, 1.807) is 0 Å². The molecule has 0 aliphatic carbocycles. The molecule has 2 aromatic rings. The van der Waals surface area contributed by atoms with Gasteiger partial charge in [-0.2, -0.15) is 0 Å². The molecule has 0 aromatic heterocycles. The SMILES string of the molecule is C/C=C/c1ccccc1.CC(C)C(O)c1ccccc1. The van der Waals surface area contributed by atoms with E-state index in [0.29, 0.717) is 0 Å². The van der Waals surface area contributed by atoms with Gasteiger partial charge >= 0.3 is 0 Å². The second-order valence-electron chi connectivity index (χ2n) is 5.01. The molecule has 2 aromatic carbocycles. The summed E-state index contributed by atoms with van der Waals surface area (Å²) in [4.78, 5) is 0. The van der Waals surface area contributed by atoms with E-state index < -0.39 is 0 Å². The van der Waals surface area contributed by atoms with Crippen LogP contribution < -0.4 is 0 Å². The molecule has 0 saturated carbocycles. The molecule has 20 heavy (non-hydrogen) atoms. The van der Waals surface area contributed by atoms with Crippen molar-refractivity contribution in [3.63, 3.8) is 0 Å². The zero-order valence-electron chi connectivity index (χ0n) is 12.5. The van der Waals surface area contributed by atoms with Gasteiger partial charge in [0.25, 0.3) is 0 Å². The summed E-state index contributed by atoms with van der Waals surface area (Å²) < 4.78 is 0. The van der Waals surface area contributed by atoms with Crippen molar-refractivity contribution >= 4 is 6.08 Å². The molecule has 0 saturated heterocycles. The molecule has 0 heterocycles. The largest absolute Gasteiger partial charge is 0.388 e. The maximum Gasteiger partial charge on any atom is 0.0812 e. The molecule has 0 aliphatic heterocycles. The first kappa shape index (κ1) is 16.2. The second-order valence-corrected chi connectivity index (χ2v) is 5.01. The van der Waals surface area contributed by atoms with Crippen molar-refractivity contribution in [3.8, 4) is 0 Å². The second kappa shape index (κ2) is 9.11. The number of benzene rings is 2. The van der Waals surface area contributed by atoms with Crippen LogP contribution in [0.5, 0.6) is 0 Å². The van der Waals surface area contributed by atoms with Crippen molar-refractivity contribution in [3.05, 3.63) is 77.9 Å². The Morgan fingerprint density at radius 3 is 1.80 bits per heavy atom. The Morgan fingerprint density at radius 2 is 1.35 bits per heavy atom. The van der Waals surface area contributed by atoms with Crippen LogP contribution in [0.2, 0.25) is 0 Å². The summed E-state index contributed by atoms with van der Waals surface area (Å²) in [5.41, 5.74) is 2.27. The summed E-state index contributed by atoms with van der Waals surface area (Å²) in [6.45, 7) is 6.04. The van der Waals surface area contributed by atoms with Gasteiger partial charge in [-0.25, -0.2) is 0 Å². The summed E-state index contributed by atoms with van der Waals surface area (Å²) in [6, 6.07) is 20.0. The molecule has 0 spiro atoms. The maximum absolute atomic E-state index is 9.60. The molecule has 1 atom stereocenters. The van der Waals surface area contributed by atoms with Crippen LogP contribution in [-0.2, 0) is 0 Å². The van der Waals surface area contributed by atoms with Gasteiger partial charge in [0.1, 0.15) is 0 Å². The summed E-state index contributed by atoms with van der Waals surface area (Å²) in [5.74, 6) is 0.289. The Morgan fingerprint density at radius 1 is 0.850 bits per heavy atom. The highest BCUT2D eigenvalue weighted by Crippen LogP contribution is 2.19. The average molecular weight is 268 g/mol. The van der Waals surface area contributed by atoms with Crippen molar-refractivity contribution in [2.24, 2.45) is 5.92 Å². The number of rotatable bonds is 3. The summed E-state index contributed by atoms with van der Waals surface area (Å²) in [7, 11) is 0. The smallest absolute Gasteiger partial charge is 0.0812 e. The summed E-state index contributed by atoms with van der Waals surface area (Å²) in [5, 5.41) is 9.60. The Bertz CT molecular complexity index is 486. The summed E-state index contributed by atoms with van der Waals surface area (Å²) in [6.07, 6.45) is 3.80. The first-order valence-corrected chi connectivity index (χ1v) is 7.06. The van der Waals surface area contributed by atoms with E-state index in [-0.39, 0.29) is 12.0 Å². The molecule has 0 amide bonds. The van der Waals surface area contributed by atoms with Gasteiger partial charge in [-0.15, -0.1) is 0 Å². The Kier molecular flexibility index (Phi) is 7.38. The van der Waals surface area contributed by atoms with Gasteiger partial charge in [-0.05, 0) is 24.0 Å². The van der Waals surface area contributed by atoms with Crippen LogP contribution in [0.25, 0.3) is 6.08 Å². The fourth-order valence-corrected chi connectivity index (χ4v) is 1.79. The lowest BCUT2D eigenvalue weighted by Crippen LogP contribution is -2.04. The van der Waals surface area contributed by atoms with Crippen LogP contribution in [0.4, 0.5) is 0 Å². The fourth-order valence-electron chi connectivity index (χ4n) is 1.79. The molecule has 1 heteroatoms. The first-order valence-electron chi connectivity index (χ1n) is 7.06. The quantitative estimate of drug-likeness (QED) is 0.821. The minimum absolute atomic E-state index is 0.289. The topological polar surface area (TPSA) is 20.2 Å². The van der Waals surface area contributed by atoms with E-state index in [0.717, 1.165) is 5.56 Å². The normalized spacial score (nSPS) is 12.1. The van der Waals surface area contributed by atoms with Gasteiger partial charge in [-0.1, -0.05) is 86.7 Å².